The van der Waals surface area contributed by atoms with Crippen LogP contribution in [-0.4, -0.2) is 16.8 Å². The molecule has 0 fully saturated rings. The highest BCUT2D eigenvalue weighted by Gasteiger charge is 2.51. The van der Waals surface area contributed by atoms with Gasteiger partial charge in [0.2, 0.25) is 0 Å². The summed E-state index contributed by atoms with van der Waals surface area (Å²) in [6.45, 7) is 0.330. The first-order valence-electron chi connectivity index (χ1n) is 8.95. The molecule has 0 aliphatic carbocycles. The standard InChI is InChI=1S/C23H18BrNO3/c24-18-11-12-20-19(13-18)23(28,14-21(26)17-9-5-2-6-10-17)22(27)25(20)15-16-7-3-1-4-8-16/h1-13,28H,14-15H2/t23-/m1/s1. The maximum Gasteiger partial charge on any atom is 0.264 e. The van der Waals surface area contributed by atoms with Crippen molar-refractivity contribution in [1.29, 1.82) is 0 Å². The van der Waals surface area contributed by atoms with E-state index >= 15 is 0 Å². The summed E-state index contributed by atoms with van der Waals surface area (Å²) in [6, 6.07) is 23.7. The Morgan fingerprint density at radius 3 is 2.29 bits per heavy atom. The second kappa shape index (κ2) is 7.34. The van der Waals surface area contributed by atoms with Gasteiger partial charge in [-0.1, -0.05) is 76.6 Å². The van der Waals surface area contributed by atoms with Crippen molar-refractivity contribution in [1.82, 2.24) is 0 Å². The second-order valence-corrected chi connectivity index (χ2v) is 7.78. The van der Waals surface area contributed by atoms with Crippen molar-refractivity contribution in [3.63, 3.8) is 0 Å². The van der Waals surface area contributed by atoms with Crippen LogP contribution in [0.2, 0.25) is 0 Å². The molecule has 5 heteroatoms. The van der Waals surface area contributed by atoms with Crippen molar-refractivity contribution in [2.24, 2.45) is 0 Å². The van der Waals surface area contributed by atoms with Crippen molar-refractivity contribution < 1.29 is 14.7 Å². The van der Waals surface area contributed by atoms with Crippen LogP contribution in [0.3, 0.4) is 0 Å². The van der Waals surface area contributed by atoms with E-state index in [1.807, 2.05) is 42.5 Å². The average molecular weight is 436 g/mol. The molecule has 1 heterocycles. The molecule has 0 saturated carbocycles. The molecule has 140 valence electrons. The first-order chi connectivity index (χ1) is 13.5. The molecule has 0 unspecified atom stereocenters. The summed E-state index contributed by atoms with van der Waals surface area (Å²) in [7, 11) is 0. The highest BCUT2D eigenvalue weighted by molar-refractivity contribution is 9.10. The van der Waals surface area contributed by atoms with Crippen LogP contribution in [0.1, 0.15) is 27.9 Å². The van der Waals surface area contributed by atoms with E-state index in [1.54, 1.807) is 41.3 Å². The number of Topliss-reactive ketones (excluding diaryl/α,β-unsaturated/α-hetero) is 1. The van der Waals surface area contributed by atoms with Gasteiger partial charge in [0, 0.05) is 15.6 Å². The zero-order valence-electron chi connectivity index (χ0n) is 15.0. The molecule has 0 saturated heterocycles. The van der Waals surface area contributed by atoms with E-state index in [4.69, 9.17) is 0 Å². The van der Waals surface area contributed by atoms with E-state index in [2.05, 4.69) is 15.9 Å². The Morgan fingerprint density at radius 1 is 0.964 bits per heavy atom. The van der Waals surface area contributed by atoms with Gasteiger partial charge in [-0.25, -0.2) is 0 Å². The van der Waals surface area contributed by atoms with Gasteiger partial charge in [0.25, 0.3) is 5.91 Å². The number of hydrogen-bond acceptors (Lipinski definition) is 3. The van der Waals surface area contributed by atoms with E-state index < -0.39 is 11.5 Å². The van der Waals surface area contributed by atoms with E-state index in [9.17, 15) is 14.7 Å². The zero-order chi connectivity index (χ0) is 19.7. The number of carbonyl (C=O) groups is 2. The topological polar surface area (TPSA) is 57.6 Å². The number of rotatable bonds is 5. The van der Waals surface area contributed by atoms with Crippen LogP contribution in [0.5, 0.6) is 0 Å². The Balaban J connectivity index is 1.72. The SMILES string of the molecule is O=C(C[C@]1(O)C(=O)N(Cc2ccccc2)c2ccc(Br)cc21)c1ccccc1. The number of benzene rings is 3. The minimum absolute atomic E-state index is 0.274. The van der Waals surface area contributed by atoms with Gasteiger partial charge in [-0.3, -0.25) is 9.59 Å². The van der Waals surface area contributed by atoms with Crippen LogP contribution >= 0.6 is 15.9 Å². The monoisotopic (exact) mass is 435 g/mol. The number of anilines is 1. The van der Waals surface area contributed by atoms with Crippen LogP contribution in [0.4, 0.5) is 5.69 Å². The molecular formula is C23H18BrNO3. The normalized spacial score (nSPS) is 18.2. The second-order valence-electron chi connectivity index (χ2n) is 6.86. The quantitative estimate of drug-likeness (QED) is 0.601. The van der Waals surface area contributed by atoms with E-state index in [0.717, 1.165) is 10.0 Å². The highest BCUT2D eigenvalue weighted by atomic mass is 79.9. The first-order valence-corrected chi connectivity index (χ1v) is 9.75. The molecule has 0 aromatic heterocycles. The molecule has 0 radical (unpaired) electrons. The van der Waals surface area contributed by atoms with Gasteiger partial charge in [-0.15, -0.1) is 0 Å². The number of halogens is 1. The largest absolute Gasteiger partial charge is 0.375 e. The van der Waals surface area contributed by atoms with Crippen LogP contribution < -0.4 is 4.90 Å². The Morgan fingerprint density at radius 2 is 1.61 bits per heavy atom. The average Bonchev–Trinajstić information content (AvgIpc) is 2.91. The van der Waals surface area contributed by atoms with Crippen molar-refractivity contribution in [3.8, 4) is 0 Å². The van der Waals surface area contributed by atoms with Gasteiger partial charge in [-0.05, 0) is 23.8 Å². The molecule has 0 bridgehead atoms. The molecule has 0 spiro atoms. The number of hydrogen-bond donors (Lipinski definition) is 1. The van der Waals surface area contributed by atoms with Crippen molar-refractivity contribution >= 4 is 33.3 Å². The van der Waals surface area contributed by atoms with Crippen molar-refractivity contribution in [3.05, 3.63) is 100 Å². The Kier molecular flexibility index (Phi) is 4.87. The molecule has 4 nitrogen and oxygen atoms in total. The van der Waals surface area contributed by atoms with E-state index in [0.29, 0.717) is 23.4 Å². The summed E-state index contributed by atoms with van der Waals surface area (Å²) in [4.78, 5) is 27.6. The summed E-state index contributed by atoms with van der Waals surface area (Å²) < 4.78 is 0.742. The summed E-state index contributed by atoms with van der Waals surface area (Å²) >= 11 is 3.41. The third kappa shape index (κ3) is 3.28. The van der Waals surface area contributed by atoms with Gasteiger partial charge in [0.1, 0.15) is 0 Å². The molecule has 1 N–H and O–H groups in total. The van der Waals surface area contributed by atoms with Gasteiger partial charge >= 0.3 is 0 Å². The highest BCUT2D eigenvalue weighted by Crippen LogP contribution is 2.44. The molecule has 4 rings (SSSR count). The third-order valence-electron chi connectivity index (χ3n) is 4.99. The maximum atomic E-state index is 13.3. The lowest BCUT2D eigenvalue weighted by Crippen LogP contribution is -2.41. The number of fused-ring (bicyclic) bond motifs is 1. The lowest BCUT2D eigenvalue weighted by molar-refractivity contribution is -0.136. The van der Waals surface area contributed by atoms with Crippen LogP contribution in [0.25, 0.3) is 0 Å². The third-order valence-corrected chi connectivity index (χ3v) is 5.48. The summed E-state index contributed by atoms with van der Waals surface area (Å²) in [5.74, 6) is -0.752. The van der Waals surface area contributed by atoms with Gasteiger partial charge in [0.05, 0.1) is 18.7 Å². The molecule has 1 aliphatic rings. The summed E-state index contributed by atoms with van der Waals surface area (Å²) in [5.41, 5.74) is 0.610. The fraction of sp³-hybridized carbons (Fsp3) is 0.130. The van der Waals surface area contributed by atoms with E-state index in [1.165, 1.54) is 0 Å². The van der Waals surface area contributed by atoms with Crippen molar-refractivity contribution in [2.45, 2.75) is 18.6 Å². The number of aliphatic hydroxyl groups is 1. The Hall–Kier alpha value is -2.76. The number of carbonyl (C=O) groups excluding carboxylic acids is 2. The van der Waals surface area contributed by atoms with Gasteiger partial charge in [-0.2, -0.15) is 0 Å². The minimum atomic E-state index is -1.89. The Labute approximate surface area is 171 Å². The molecule has 3 aromatic carbocycles. The summed E-state index contributed by atoms with van der Waals surface area (Å²) in [5, 5.41) is 11.4. The lowest BCUT2D eigenvalue weighted by atomic mass is 9.88. The van der Waals surface area contributed by atoms with Gasteiger partial charge in [0.15, 0.2) is 11.4 Å². The summed E-state index contributed by atoms with van der Waals surface area (Å²) in [6.07, 6.45) is -0.301. The first kappa shape index (κ1) is 18.6. The smallest absolute Gasteiger partial charge is 0.264 e. The Bertz CT molecular complexity index is 1040. The minimum Gasteiger partial charge on any atom is -0.375 e. The molecule has 1 atom stereocenters. The molecule has 1 aliphatic heterocycles. The number of ketones is 1. The number of amides is 1. The van der Waals surface area contributed by atoms with Gasteiger partial charge < -0.3 is 10.0 Å². The van der Waals surface area contributed by atoms with Crippen LogP contribution in [0.15, 0.2) is 83.3 Å². The maximum absolute atomic E-state index is 13.3. The molecule has 3 aromatic rings. The number of nitrogens with zero attached hydrogens (tertiary/aromatic N) is 1. The molecular weight excluding hydrogens is 418 g/mol. The fourth-order valence-corrected chi connectivity index (χ4v) is 3.94. The van der Waals surface area contributed by atoms with Crippen LogP contribution in [-0.2, 0) is 16.9 Å². The fourth-order valence-electron chi connectivity index (χ4n) is 3.58. The molecule has 1 amide bonds. The lowest BCUT2D eigenvalue weighted by Gasteiger charge is -2.23. The zero-order valence-corrected chi connectivity index (χ0v) is 16.6. The van der Waals surface area contributed by atoms with E-state index in [-0.39, 0.29) is 12.2 Å². The van der Waals surface area contributed by atoms with Crippen molar-refractivity contribution in [2.75, 3.05) is 4.90 Å². The molecule has 28 heavy (non-hydrogen) atoms. The predicted molar refractivity (Wildman–Crippen MR) is 111 cm³/mol. The predicted octanol–water partition coefficient (Wildman–Crippen LogP) is 4.46. The van der Waals surface area contributed by atoms with Crippen LogP contribution in [0, 0.1) is 0 Å².